The lowest BCUT2D eigenvalue weighted by Crippen LogP contribution is -2.34. The second-order valence-electron chi connectivity index (χ2n) is 5.14. The maximum Gasteiger partial charge on any atom is 0.343 e. The van der Waals surface area contributed by atoms with E-state index in [-0.39, 0.29) is 5.57 Å². The van der Waals surface area contributed by atoms with E-state index in [1.807, 2.05) is 20.0 Å². The Hall–Kier alpha value is -2.08. The van der Waals surface area contributed by atoms with Gasteiger partial charge in [0.2, 0.25) is 8.32 Å². The van der Waals surface area contributed by atoms with Crippen LogP contribution in [0.25, 0.3) is 6.08 Å². The van der Waals surface area contributed by atoms with Crippen LogP contribution in [0.3, 0.4) is 0 Å². The average Bonchev–Trinajstić information content (AvgIpc) is 2.44. The highest BCUT2D eigenvalue weighted by atomic mass is 28.4. The molecule has 0 aliphatic heterocycles. The number of carbonyl (C=O) groups excluding carboxylic acids is 1. The molecule has 1 aromatic rings. The number of rotatable bonds is 6. The van der Waals surface area contributed by atoms with Crippen molar-refractivity contribution in [3.63, 3.8) is 0 Å². The predicted octanol–water partition coefficient (Wildman–Crippen LogP) is 2.93. The summed E-state index contributed by atoms with van der Waals surface area (Å²) in [6, 6.07) is 7.48. The van der Waals surface area contributed by atoms with Crippen LogP contribution in [-0.4, -0.2) is 32.5 Å². The molecule has 0 amide bonds. The number of ether oxygens (including phenoxy) is 1. The van der Waals surface area contributed by atoms with E-state index < -0.39 is 20.3 Å². The Morgan fingerprint density at radius 1 is 1.24 bits per heavy atom. The van der Waals surface area contributed by atoms with Gasteiger partial charge in [-0.05, 0) is 42.9 Å². The summed E-state index contributed by atoms with van der Waals surface area (Å²) in [5, 5.41) is 9.20. The van der Waals surface area contributed by atoms with Crippen molar-refractivity contribution in [2.45, 2.75) is 26.1 Å². The summed E-state index contributed by atoms with van der Waals surface area (Å²) in [5.74, 6) is -1.42. The molecule has 0 saturated heterocycles. The van der Waals surface area contributed by atoms with Crippen molar-refractivity contribution in [2.75, 3.05) is 7.11 Å². The van der Waals surface area contributed by atoms with Gasteiger partial charge in [-0.3, -0.25) is 0 Å². The van der Waals surface area contributed by atoms with Gasteiger partial charge < -0.3 is 14.3 Å². The van der Waals surface area contributed by atoms with E-state index in [9.17, 15) is 14.7 Å². The fraction of sp³-hybridized carbons (Fsp3) is 0.333. The van der Waals surface area contributed by atoms with Crippen molar-refractivity contribution in [3.8, 4) is 5.75 Å². The van der Waals surface area contributed by atoms with E-state index in [0.717, 1.165) is 6.04 Å². The largest absolute Gasteiger partial charge is 0.516 e. The van der Waals surface area contributed by atoms with E-state index in [4.69, 9.17) is 9.16 Å². The van der Waals surface area contributed by atoms with Gasteiger partial charge in [0.15, 0.2) is 0 Å². The minimum Gasteiger partial charge on any atom is -0.516 e. The number of methoxy groups -OCH3 is 1. The first-order valence-corrected chi connectivity index (χ1v) is 9.73. The summed E-state index contributed by atoms with van der Waals surface area (Å²) in [7, 11) is -0.611. The highest BCUT2D eigenvalue weighted by molar-refractivity contribution is 6.72. The maximum atomic E-state index is 12.0. The third-order valence-electron chi connectivity index (χ3n) is 3.10. The van der Waals surface area contributed by atoms with Crippen molar-refractivity contribution in [3.05, 3.63) is 35.4 Å². The first-order chi connectivity index (χ1) is 9.79. The predicted molar refractivity (Wildman–Crippen MR) is 82.7 cm³/mol. The molecule has 0 unspecified atom stereocenters. The van der Waals surface area contributed by atoms with Gasteiger partial charge in [0.05, 0.1) is 7.11 Å². The number of carboxylic acid groups (broad SMARTS) is 1. The molecule has 0 aliphatic rings. The highest BCUT2D eigenvalue weighted by Gasteiger charge is 2.28. The molecule has 5 nitrogen and oxygen atoms in total. The first-order valence-electron chi connectivity index (χ1n) is 6.61. The van der Waals surface area contributed by atoms with Crippen molar-refractivity contribution in [1.29, 1.82) is 0 Å². The second-order valence-corrected chi connectivity index (χ2v) is 9.57. The van der Waals surface area contributed by atoms with E-state index in [2.05, 4.69) is 0 Å². The number of hydrogen-bond donors (Lipinski definition) is 1. The molecule has 0 saturated carbocycles. The fourth-order valence-electron chi connectivity index (χ4n) is 1.45. The Balaban J connectivity index is 3.02. The fourth-order valence-corrected chi connectivity index (χ4v) is 2.21. The van der Waals surface area contributed by atoms with Crippen LogP contribution in [0.1, 0.15) is 12.5 Å². The molecule has 1 aromatic carbocycles. The molecule has 21 heavy (non-hydrogen) atoms. The number of carboxylic acids is 1. The van der Waals surface area contributed by atoms with Crippen LogP contribution < -0.4 is 4.74 Å². The Morgan fingerprint density at radius 2 is 1.81 bits per heavy atom. The summed E-state index contributed by atoms with van der Waals surface area (Å²) in [4.78, 5) is 23.3. The van der Waals surface area contributed by atoms with E-state index in [1.54, 1.807) is 31.4 Å². The summed E-state index contributed by atoms with van der Waals surface area (Å²) < 4.78 is 10.4. The summed E-state index contributed by atoms with van der Waals surface area (Å²) in [6.45, 7) is 5.67. The first kappa shape index (κ1) is 17.0. The molecular formula is C15H20O5Si. The Bertz CT molecular complexity index is 546. The molecule has 0 aromatic heterocycles. The zero-order chi connectivity index (χ0) is 16.0. The van der Waals surface area contributed by atoms with Crippen LogP contribution in [0.2, 0.25) is 19.1 Å². The third kappa shape index (κ3) is 5.07. The highest BCUT2D eigenvalue weighted by Crippen LogP contribution is 2.17. The van der Waals surface area contributed by atoms with Gasteiger partial charge in [-0.25, -0.2) is 9.59 Å². The van der Waals surface area contributed by atoms with Crippen LogP contribution in [0.15, 0.2) is 29.8 Å². The summed E-state index contributed by atoms with van der Waals surface area (Å²) >= 11 is 0. The lowest BCUT2D eigenvalue weighted by atomic mass is 10.1. The number of benzene rings is 1. The molecule has 0 spiro atoms. The maximum absolute atomic E-state index is 12.0. The van der Waals surface area contributed by atoms with E-state index in [0.29, 0.717) is 11.3 Å². The van der Waals surface area contributed by atoms with E-state index in [1.165, 1.54) is 6.08 Å². The normalized spacial score (nSPS) is 11.9. The zero-order valence-electron chi connectivity index (χ0n) is 12.7. The molecule has 0 aliphatic carbocycles. The SMILES string of the molecule is CC[Si](C)(C)OC(=O)C(=Cc1ccc(OC)cc1)C(=O)O. The number of carbonyl (C=O) groups is 2. The van der Waals surface area contributed by atoms with Gasteiger partial charge in [0.1, 0.15) is 11.3 Å². The molecular weight excluding hydrogens is 288 g/mol. The molecule has 0 radical (unpaired) electrons. The van der Waals surface area contributed by atoms with Gasteiger partial charge in [-0.1, -0.05) is 19.1 Å². The summed E-state index contributed by atoms with van der Waals surface area (Å²) in [5.41, 5.74) is 0.232. The molecule has 0 heterocycles. The quantitative estimate of drug-likeness (QED) is 0.378. The summed E-state index contributed by atoms with van der Waals surface area (Å²) in [6.07, 6.45) is 1.31. The van der Waals surface area contributed by atoms with Crippen LogP contribution in [0.5, 0.6) is 5.75 Å². The third-order valence-corrected chi connectivity index (χ3v) is 5.54. The van der Waals surface area contributed by atoms with Crippen molar-refractivity contribution >= 4 is 26.3 Å². The minimum atomic E-state index is -2.15. The smallest absolute Gasteiger partial charge is 0.343 e. The van der Waals surface area contributed by atoms with Gasteiger partial charge in [0.25, 0.3) is 0 Å². The second kappa shape index (κ2) is 7.08. The lowest BCUT2D eigenvalue weighted by Gasteiger charge is -2.20. The van der Waals surface area contributed by atoms with E-state index >= 15 is 0 Å². The van der Waals surface area contributed by atoms with Crippen LogP contribution in [-0.2, 0) is 14.0 Å². The Labute approximate surface area is 125 Å². The Kier molecular flexibility index (Phi) is 5.72. The van der Waals surface area contributed by atoms with Crippen molar-refractivity contribution in [2.24, 2.45) is 0 Å². The molecule has 1 N–H and O–H groups in total. The molecule has 0 bridgehead atoms. The van der Waals surface area contributed by atoms with Gasteiger partial charge in [-0.2, -0.15) is 0 Å². The van der Waals surface area contributed by atoms with Crippen LogP contribution in [0, 0.1) is 0 Å². The molecule has 114 valence electrons. The zero-order valence-corrected chi connectivity index (χ0v) is 13.7. The van der Waals surface area contributed by atoms with Gasteiger partial charge in [-0.15, -0.1) is 0 Å². The minimum absolute atomic E-state index is 0.366. The van der Waals surface area contributed by atoms with Crippen LogP contribution in [0.4, 0.5) is 0 Å². The van der Waals surface area contributed by atoms with Crippen molar-refractivity contribution in [1.82, 2.24) is 0 Å². The van der Waals surface area contributed by atoms with Gasteiger partial charge in [0, 0.05) is 0 Å². The average molecular weight is 308 g/mol. The molecule has 1 rings (SSSR count). The Morgan fingerprint density at radius 3 is 2.24 bits per heavy atom. The van der Waals surface area contributed by atoms with Crippen molar-refractivity contribution < 1.29 is 23.9 Å². The molecule has 0 fully saturated rings. The lowest BCUT2D eigenvalue weighted by molar-refractivity contribution is -0.139. The topological polar surface area (TPSA) is 72.8 Å². The number of aliphatic carboxylic acids is 1. The molecule has 6 heteroatoms. The van der Waals surface area contributed by atoms with Crippen LogP contribution >= 0.6 is 0 Å². The standard InChI is InChI=1S/C15H20O5Si/c1-5-21(3,4)20-15(18)13(14(16)17)10-11-6-8-12(19-2)9-7-11/h6-10H,5H2,1-4H3,(H,16,17). The number of hydrogen-bond acceptors (Lipinski definition) is 4. The van der Waals surface area contributed by atoms with Gasteiger partial charge >= 0.3 is 11.9 Å². The monoisotopic (exact) mass is 308 g/mol. The molecule has 0 atom stereocenters.